The summed E-state index contributed by atoms with van der Waals surface area (Å²) in [4.78, 5) is 2.50. The average Bonchev–Trinajstić information content (AvgIpc) is 2.16. The number of nitrogens with zero attached hydrogens (tertiary/aromatic N) is 1. The SMILES string of the molecule is CC(N(C)CC1CCCCN1)C(C)(C)C. The van der Waals surface area contributed by atoms with Crippen molar-refractivity contribution in [2.24, 2.45) is 5.41 Å². The van der Waals surface area contributed by atoms with Crippen LogP contribution in [-0.4, -0.2) is 37.1 Å². The normalized spacial score (nSPS) is 25.6. The fourth-order valence-electron chi connectivity index (χ4n) is 2.25. The molecule has 2 heteroatoms. The monoisotopic (exact) mass is 212 g/mol. The maximum Gasteiger partial charge on any atom is 0.0195 e. The lowest BCUT2D eigenvalue weighted by molar-refractivity contribution is 0.124. The summed E-state index contributed by atoms with van der Waals surface area (Å²) in [5, 5.41) is 3.61. The Balaban J connectivity index is 2.36. The molecule has 0 amide bonds. The van der Waals surface area contributed by atoms with Crippen LogP contribution < -0.4 is 5.32 Å². The van der Waals surface area contributed by atoms with E-state index in [1.807, 2.05) is 0 Å². The molecule has 2 nitrogen and oxygen atoms in total. The van der Waals surface area contributed by atoms with E-state index in [0.29, 0.717) is 17.5 Å². The highest BCUT2D eigenvalue weighted by molar-refractivity contribution is 4.82. The number of piperidine rings is 1. The Morgan fingerprint density at radius 3 is 2.47 bits per heavy atom. The first kappa shape index (κ1) is 13.0. The zero-order chi connectivity index (χ0) is 11.5. The van der Waals surface area contributed by atoms with Gasteiger partial charge in [0.25, 0.3) is 0 Å². The first-order valence-corrected chi connectivity index (χ1v) is 6.35. The van der Waals surface area contributed by atoms with Gasteiger partial charge in [0.1, 0.15) is 0 Å². The summed E-state index contributed by atoms with van der Waals surface area (Å²) in [6.07, 6.45) is 4.10. The number of nitrogens with one attached hydrogen (secondary N) is 1. The topological polar surface area (TPSA) is 15.3 Å². The molecule has 2 atom stereocenters. The zero-order valence-corrected chi connectivity index (χ0v) is 11.1. The fourth-order valence-corrected chi connectivity index (χ4v) is 2.25. The zero-order valence-electron chi connectivity index (χ0n) is 11.1. The summed E-state index contributed by atoms with van der Waals surface area (Å²) >= 11 is 0. The highest BCUT2D eigenvalue weighted by Crippen LogP contribution is 2.23. The molecule has 0 radical (unpaired) electrons. The van der Waals surface area contributed by atoms with Crippen molar-refractivity contribution >= 4 is 0 Å². The van der Waals surface area contributed by atoms with Crippen molar-refractivity contribution in [3.05, 3.63) is 0 Å². The molecular formula is C13H28N2. The predicted molar refractivity (Wildman–Crippen MR) is 67.2 cm³/mol. The molecule has 1 aliphatic rings. The fraction of sp³-hybridized carbons (Fsp3) is 1.00. The Kier molecular flexibility index (Phi) is 4.60. The third-order valence-electron chi connectivity index (χ3n) is 3.84. The maximum atomic E-state index is 3.61. The minimum absolute atomic E-state index is 0.378. The van der Waals surface area contributed by atoms with Gasteiger partial charge in [-0.2, -0.15) is 0 Å². The minimum atomic E-state index is 0.378. The minimum Gasteiger partial charge on any atom is -0.313 e. The van der Waals surface area contributed by atoms with Crippen LogP contribution in [0.15, 0.2) is 0 Å². The van der Waals surface area contributed by atoms with Crippen molar-refractivity contribution in [1.29, 1.82) is 0 Å². The Labute approximate surface area is 95.4 Å². The summed E-state index contributed by atoms with van der Waals surface area (Å²) in [7, 11) is 2.26. The molecule has 1 rings (SSSR count). The van der Waals surface area contributed by atoms with Crippen LogP contribution in [0.3, 0.4) is 0 Å². The molecule has 0 spiro atoms. The molecule has 1 fully saturated rings. The van der Waals surface area contributed by atoms with Gasteiger partial charge >= 0.3 is 0 Å². The van der Waals surface area contributed by atoms with E-state index in [-0.39, 0.29) is 0 Å². The molecule has 1 N–H and O–H groups in total. The van der Waals surface area contributed by atoms with Crippen molar-refractivity contribution in [2.45, 2.75) is 59.0 Å². The lowest BCUT2D eigenvalue weighted by atomic mass is 9.87. The van der Waals surface area contributed by atoms with Crippen LogP contribution in [0.5, 0.6) is 0 Å². The highest BCUT2D eigenvalue weighted by Gasteiger charge is 2.25. The third-order valence-corrected chi connectivity index (χ3v) is 3.84. The van der Waals surface area contributed by atoms with Gasteiger partial charge in [0.05, 0.1) is 0 Å². The van der Waals surface area contributed by atoms with E-state index < -0.39 is 0 Å². The Morgan fingerprint density at radius 1 is 1.33 bits per heavy atom. The molecule has 0 saturated carbocycles. The highest BCUT2D eigenvalue weighted by atomic mass is 15.2. The molecule has 0 aromatic heterocycles. The van der Waals surface area contributed by atoms with Crippen molar-refractivity contribution in [3.63, 3.8) is 0 Å². The Morgan fingerprint density at radius 2 is 2.00 bits per heavy atom. The number of hydrogen-bond acceptors (Lipinski definition) is 2. The van der Waals surface area contributed by atoms with Crippen LogP contribution >= 0.6 is 0 Å². The van der Waals surface area contributed by atoms with E-state index in [1.165, 1.54) is 32.4 Å². The molecule has 2 unspecified atom stereocenters. The molecular weight excluding hydrogens is 184 g/mol. The van der Waals surface area contributed by atoms with Crippen LogP contribution in [0.1, 0.15) is 47.0 Å². The summed E-state index contributed by atoms with van der Waals surface area (Å²) < 4.78 is 0. The van der Waals surface area contributed by atoms with Gasteiger partial charge in [-0.15, -0.1) is 0 Å². The molecule has 90 valence electrons. The van der Waals surface area contributed by atoms with Gasteiger partial charge < -0.3 is 10.2 Å². The second kappa shape index (κ2) is 5.31. The first-order chi connectivity index (χ1) is 6.91. The van der Waals surface area contributed by atoms with Crippen molar-refractivity contribution in [1.82, 2.24) is 10.2 Å². The van der Waals surface area contributed by atoms with E-state index >= 15 is 0 Å². The van der Waals surface area contributed by atoms with Crippen LogP contribution in [0.4, 0.5) is 0 Å². The van der Waals surface area contributed by atoms with Gasteiger partial charge in [-0.1, -0.05) is 27.2 Å². The number of rotatable bonds is 3. The summed E-state index contributed by atoms with van der Waals surface area (Å²) in [6.45, 7) is 11.7. The van der Waals surface area contributed by atoms with Gasteiger partial charge in [0.2, 0.25) is 0 Å². The first-order valence-electron chi connectivity index (χ1n) is 6.35. The molecule has 1 aliphatic heterocycles. The van der Waals surface area contributed by atoms with Crippen LogP contribution in [0.2, 0.25) is 0 Å². The standard InChI is InChI=1S/C13H28N2/c1-11(13(2,3)4)15(5)10-12-8-6-7-9-14-12/h11-12,14H,6-10H2,1-5H3. The van der Waals surface area contributed by atoms with Crippen molar-refractivity contribution < 1.29 is 0 Å². The molecule has 0 bridgehead atoms. The second-order valence-corrected chi connectivity index (χ2v) is 6.13. The van der Waals surface area contributed by atoms with Gasteiger partial charge in [0, 0.05) is 18.6 Å². The number of hydrogen-bond donors (Lipinski definition) is 1. The van der Waals surface area contributed by atoms with Gasteiger partial charge in [-0.3, -0.25) is 0 Å². The quantitative estimate of drug-likeness (QED) is 0.773. The lowest BCUT2D eigenvalue weighted by Gasteiger charge is -2.38. The van der Waals surface area contributed by atoms with Crippen molar-refractivity contribution in [2.75, 3.05) is 20.1 Å². The van der Waals surface area contributed by atoms with Gasteiger partial charge in [-0.25, -0.2) is 0 Å². The molecule has 0 aromatic rings. The second-order valence-electron chi connectivity index (χ2n) is 6.13. The molecule has 0 aliphatic carbocycles. The van der Waals surface area contributed by atoms with E-state index in [0.717, 1.165) is 0 Å². The number of likely N-dealkylation sites (N-methyl/N-ethyl adjacent to an activating group) is 1. The van der Waals surface area contributed by atoms with E-state index in [1.54, 1.807) is 0 Å². The molecule has 1 heterocycles. The smallest absolute Gasteiger partial charge is 0.0195 e. The van der Waals surface area contributed by atoms with E-state index in [2.05, 4.69) is 45.0 Å². The molecule has 1 saturated heterocycles. The summed E-state index contributed by atoms with van der Waals surface area (Å²) in [5.74, 6) is 0. The predicted octanol–water partition coefficient (Wildman–Crippen LogP) is 2.49. The van der Waals surface area contributed by atoms with E-state index in [4.69, 9.17) is 0 Å². The van der Waals surface area contributed by atoms with Crippen LogP contribution in [0, 0.1) is 5.41 Å². The van der Waals surface area contributed by atoms with Gasteiger partial charge in [-0.05, 0) is 38.8 Å². The summed E-state index contributed by atoms with van der Waals surface area (Å²) in [6, 6.07) is 1.36. The molecule has 15 heavy (non-hydrogen) atoms. The largest absolute Gasteiger partial charge is 0.313 e. The van der Waals surface area contributed by atoms with Gasteiger partial charge in [0.15, 0.2) is 0 Å². The third kappa shape index (κ3) is 4.12. The Hall–Kier alpha value is -0.0800. The van der Waals surface area contributed by atoms with Crippen molar-refractivity contribution in [3.8, 4) is 0 Å². The maximum absolute atomic E-state index is 3.61. The lowest BCUT2D eigenvalue weighted by Crippen LogP contribution is -2.48. The average molecular weight is 212 g/mol. The Bertz CT molecular complexity index is 177. The van der Waals surface area contributed by atoms with Crippen LogP contribution in [-0.2, 0) is 0 Å². The summed E-state index contributed by atoms with van der Waals surface area (Å²) in [5.41, 5.74) is 0.378. The molecule has 0 aromatic carbocycles. The van der Waals surface area contributed by atoms with Crippen LogP contribution in [0.25, 0.3) is 0 Å². The van der Waals surface area contributed by atoms with E-state index in [9.17, 15) is 0 Å².